The number of carbonyl (C=O) groups is 1. The van der Waals surface area contributed by atoms with Crippen LogP contribution in [0.1, 0.15) is 35.6 Å². The number of aromatic nitrogens is 1. The fraction of sp³-hybridized carbons (Fsp3) is 0.353. The summed E-state index contributed by atoms with van der Waals surface area (Å²) in [4.78, 5) is 13.5. The smallest absolute Gasteiger partial charge is 0.337 e. The summed E-state index contributed by atoms with van der Waals surface area (Å²) in [5, 5.41) is 9.21. The highest BCUT2D eigenvalue weighted by Crippen LogP contribution is 2.23. The second kappa shape index (κ2) is 6.04. The summed E-state index contributed by atoms with van der Waals surface area (Å²) in [7, 11) is 0. The molecule has 1 N–H and O–H groups in total. The van der Waals surface area contributed by atoms with Gasteiger partial charge in [0, 0.05) is 35.9 Å². The lowest BCUT2D eigenvalue weighted by Crippen LogP contribution is -2.21. The van der Waals surface area contributed by atoms with Gasteiger partial charge in [0.25, 0.3) is 0 Å². The Hall–Kier alpha value is -2.23. The third kappa shape index (κ3) is 2.79. The van der Waals surface area contributed by atoms with Crippen LogP contribution >= 0.6 is 0 Å². The van der Waals surface area contributed by atoms with Crippen LogP contribution in [-0.2, 0) is 0 Å². The number of benzene rings is 1. The summed E-state index contributed by atoms with van der Waals surface area (Å²) in [5.41, 5.74) is 4.23. The van der Waals surface area contributed by atoms with Crippen molar-refractivity contribution in [2.45, 2.75) is 27.7 Å². The van der Waals surface area contributed by atoms with E-state index in [1.165, 1.54) is 5.69 Å². The molecule has 4 nitrogen and oxygen atoms in total. The molecule has 0 saturated heterocycles. The quantitative estimate of drug-likeness (QED) is 0.912. The molecule has 112 valence electrons. The second-order valence-corrected chi connectivity index (χ2v) is 5.11. The zero-order valence-corrected chi connectivity index (χ0v) is 13.1. The first-order chi connectivity index (χ1) is 9.99. The number of hydrogen-bond acceptors (Lipinski definition) is 2. The van der Waals surface area contributed by atoms with E-state index >= 15 is 0 Å². The van der Waals surface area contributed by atoms with Gasteiger partial charge >= 0.3 is 5.97 Å². The number of hydrogen-bond donors (Lipinski definition) is 1. The van der Waals surface area contributed by atoms with Crippen molar-refractivity contribution in [3.8, 4) is 5.69 Å². The van der Waals surface area contributed by atoms with Crippen LogP contribution in [0.2, 0.25) is 0 Å². The van der Waals surface area contributed by atoms with Gasteiger partial charge in [0.15, 0.2) is 0 Å². The van der Waals surface area contributed by atoms with E-state index in [2.05, 4.69) is 30.9 Å². The van der Waals surface area contributed by atoms with Crippen LogP contribution in [0, 0.1) is 13.8 Å². The summed E-state index contributed by atoms with van der Waals surface area (Å²) >= 11 is 0. The molecule has 1 aromatic carbocycles. The van der Waals surface area contributed by atoms with Gasteiger partial charge in [-0.2, -0.15) is 0 Å². The van der Waals surface area contributed by atoms with E-state index in [-0.39, 0.29) is 0 Å². The molecule has 0 saturated carbocycles. The third-order valence-electron chi connectivity index (χ3n) is 3.90. The van der Waals surface area contributed by atoms with Gasteiger partial charge in [-0.25, -0.2) is 4.79 Å². The van der Waals surface area contributed by atoms with Gasteiger partial charge in [-0.05, 0) is 58.0 Å². The molecule has 21 heavy (non-hydrogen) atoms. The molecule has 1 aromatic heterocycles. The predicted molar refractivity (Wildman–Crippen MR) is 85.8 cm³/mol. The number of rotatable bonds is 5. The molecule has 0 spiro atoms. The average Bonchev–Trinajstić information content (AvgIpc) is 2.76. The monoisotopic (exact) mass is 286 g/mol. The second-order valence-electron chi connectivity index (χ2n) is 5.11. The minimum absolute atomic E-state index is 0.361. The maximum Gasteiger partial charge on any atom is 0.337 e. The minimum Gasteiger partial charge on any atom is -0.478 e. The van der Waals surface area contributed by atoms with E-state index in [4.69, 9.17) is 0 Å². The van der Waals surface area contributed by atoms with Gasteiger partial charge in [-0.15, -0.1) is 0 Å². The Morgan fingerprint density at radius 3 is 2.14 bits per heavy atom. The molecule has 4 heteroatoms. The van der Waals surface area contributed by atoms with Crippen molar-refractivity contribution < 1.29 is 9.90 Å². The van der Waals surface area contributed by atoms with Crippen LogP contribution in [0.15, 0.2) is 30.3 Å². The van der Waals surface area contributed by atoms with E-state index in [9.17, 15) is 9.90 Å². The van der Waals surface area contributed by atoms with E-state index in [0.29, 0.717) is 5.56 Å². The van der Waals surface area contributed by atoms with E-state index in [1.807, 2.05) is 30.5 Å². The molecule has 2 rings (SSSR count). The normalized spacial score (nSPS) is 10.7. The molecule has 0 aliphatic heterocycles. The lowest BCUT2D eigenvalue weighted by molar-refractivity contribution is 0.0696. The molecule has 1 heterocycles. The zero-order valence-electron chi connectivity index (χ0n) is 13.1. The highest BCUT2D eigenvalue weighted by molar-refractivity contribution is 5.89. The first-order valence-electron chi connectivity index (χ1n) is 7.27. The van der Waals surface area contributed by atoms with Gasteiger partial charge in [-0.1, -0.05) is 0 Å². The first-order valence-corrected chi connectivity index (χ1v) is 7.27. The van der Waals surface area contributed by atoms with Crippen molar-refractivity contribution >= 4 is 11.7 Å². The van der Waals surface area contributed by atoms with Gasteiger partial charge in [0.1, 0.15) is 0 Å². The SMILES string of the molecule is CCN(CC)c1ccc(-n2c(C)cc(C(=O)O)c2C)cc1. The maximum absolute atomic E-state index is 11.2. The molecule has 0 aliphatic carbocycles. The van der Waals surface area contributed by atoms with Crippen LogP contribution in [-0.4, -0.2) is 28.7 Å². The molecule has 0 atom stereocenters. The van der Waals surface area contributed by atoms with Gasteiger partial charge in [0.05, 0.1) is 5.56 Å². The molecule has 0 unspecified atom stereocenters. The number of carboxylic acid groups (broad SMARTS) is 1. The van der Waals surface area contributed by atoms with Gasteiger partial charge in [-0.3, -0.25) is 0 Å². The lowest BCUT2D eigenvalue weighted by Gasteiger charge is -2.21. The summed E-state index contributed by atoms with van der Waals surface area (Å²) in [6, 6.07) is 9.97. The first kappa shape index (κ1) is 15.2. The summed E-state index contributed by atoms with van der Waals surface area (Å²) in [6.45, 7) is 9.99. The fourth-order valence-electron chi connectivity index (χ4n) is 2.78. The maximum atomic E-state index is 11.2. The Bertz CT molecular complexity index is 638. The molecule has 0 bridgehead atoms. The Balaban J connectivity index is 2.42. The lowest BCUT2D eigenvalue weighted by atomic mass is 10.2. The number of carboxylic acids is 1. The fourth-order valence-corrected chi connectivity index (χ4v) is 2.78. The number of aryl methyl sites for hydroxylation is 1. The zero-order chi connectivity index (χ0) is 15.6. The molecule has 0 amide bonds. The summed E-state index contributed by atoms with van der Waals surface area (Å²) in [5.74, 6) is -0.880. The number of nitrogens with zero attached hydrogens (tertiary/aromatic N) is 2. The topological polar surface area (TPSA) is 45.5 Å². The number of aromatic carboxylic acids is 1. The van der Waals surface area contributed by atoms with Crippen molar-refractivity contribution in [3.05, 3.63) is 47.3 Å². The Morgan fingerprint density at radius 1 is 1.14 bits per heavy atom. The molecule has 2 aromatic rings. The highest BCUT2D eigenvalue weighted by atomic mass is 16.4. The largest absolute Gasteiger partial charge is 0.478 e. The Morgan fingerprint density at radius 2 is 1.71 bits per heavy atom. The predicted octanol–water partition coefficient (Wildman–Crippen LogP) is 3.64. The van der Waals surface area contributed by atoms with Crippen molar-refractivity contribution in [2.75, 3.05) is 18.0 Å². The standard InChI is InChI=1S/C17H22N2O2/c1-5-18(6-2)14-7-9-15(10-8-14)19-12(3)11-16(13(19)4)17(20)21/h7-11H,5-6H2,1-4H3,(H,20,21). The van der Waals surface area contributed by atoms with Crippen LogP contribution in [0.3, 0.4) is 0 Å². The average molecular weight is 286 g/mol. The molecule has 0 aliphatic rings. The molecule has 0 fully saturated rings. The summed E-state index contributed by atoms with van der Waals surface area (Å²) < 4.78 is 1.98. The van der Waals surface area contributed by atoms with Gasteiger partial charge < -0.3 is 14.6 Å². The van der Waals surface area contributed by atoms with Crippen molar-refractivity contribution in [1.29, 1.82) is 0 Å². The van der Waals surface area contributed by atoms with Crippen LogP contribution in [0.5, 0.6) is 0 Å². The summed E-state index contributed by atoms with van der Waals surface area (Å²) in [6.07, 6.45) is 0. The van der Waals surface area contributed by atoms with Crippen molar-refractivity contribution in [2.24, 2.45) is 0 Å². The van der Waals surface area contributed by atoms with Gasteiger partial charge in [0.2, 0.25) is 0 Å². The minimum atomic E-state index is -0.880. The van der Waals surface area contributed by atoms with Crippen molar-refractivity contribution in [1.82, 2.24) is 4.57 Å². The Kier molecular flexibility index (Phi) is 4.36. The highest BCUT2D eigenvalue weighted by Gasteiger charge is 2.15. The van der Waals surface area contributed by atoms with E-state index < -0.39 is 5.97 Å². The van der Waals surface area contributed by atoms with Crippen LogP contribution in [0.25, 0.3) is 5.69 Å². The van der Waals surface area contributed by atoms with Crippen molar-refractivity contribution in [3.63, 3.8) is 0 Å². The molecular weight excluding hydrogens is 264 g/mol. The Labute approximate surface area is 125 Å². The molecular formula is C17H22N2O2. The third-order valence-corrected chi connectivity index (χ3v) is 3.90. The van der Waals surface area contributed by atoms with Crippen LogP contribution in [0.4, 0.5) is 5.69 Å². The van der Waals surface area contributed by atoms with E-state index in [1.54, 1.807) is 6.07 Å². The van der Waals surface area contributed by atoms with E-state index in [0.717, 1.165) is 30.2 Å². The molecule has 0 radical (unpaired) electrons. The van der Waals surface area contributed by atoms with Crippen LogP contribution < -0.4 is 4.90 Å². The number of anilines is 1.